The predicted octanol–water partition coefficient (Wildman–Crippen LogP) is 5.78. The molecule has 3 aromatic rings. The Morgan fingerprint density at radius 1 is 1.17 bits per heavy atom. The molecule has 1 heterocycles. The summed E-state index contributed by atoms with van der Waals surface area (Å²) in [7, 11) is 0. The van der Waals surface area contributed by atoms with Crippen molar-refractivity contribution in [2.45, 2.75) is 0 Å². The number of rotatable bonds is 3. The predicted molar refractivity (Wildman–Crippen MR) is 95.1 cm³/mol. The van der Waals surface area contributed by atoms with Gasteiger partial charge in [-0.25, -0.2) is 9.37 Å². The third-order valence-electron chi connectivity index (χ3n) is 3.20. The molecule has 0 saturated heterocycles. The van der Waals surface area contributed by atoms with Crippen LogP contribution in [0.15, 0.2) is 58.4 Å². The van der Waals surface area contributed by atoms with Crippen LogP contribution in [0.25, 0.3) is 22.9 Å². The van der Waals surface area contributed by atoms with E-state index in [1.54, 1.807) is 18.2 Å². The lowest BCUT2D eigenvalue weighted by atomic mass is 10.1. The lowest BCUT2D eigenvalue weighted by molar-refractivity contribution is 0.625. The van der Waals surface area contributed by atoms with Crippen LogP contribution in [0.3, 0.4) is 0 Å². The number of thiazole rings is 1. The van der Waals surface area contributed by atoms with Gasteiger partial charge in [-0.1, -0.05) is 46.3 Å². The van der Waals surface area contributed by atoms with Gasteiger partial charge in [-0.3, -0.25) is 0 Å². The van der Waals surface area contributed by atoms with Gasteiger partial charge in [0.1, 0.15) is 16.9 Å². The van der Waals surface area contributed by atoms with Crippen LogP contribution in [0.1, 0.15) is 10.6 Å². The van der Waals surface area contributed by atoms with Crippen LogP contribution in [0.5, 0.6) is 0 Å². The molecule has 5 heteroatoms. The van der Waals surface area contributed by atoms with Crippen LogP contribution in [0, 0.1) is 17.1 Å². The maximum atomic E-state index is 13.7. The number of hydrogen-bond donors (Lipinski definition) is 0. The highest BCUT2D eigenvalue weighted by molar-refractivity contribution is 9.10. The van der Waals surface area contributed by atoms with E-state index in [2.05, 4.69) is 27.0 Å². The van der Waals surface area contributed by atoms with E-state index in [-0.39, 0.29) is 5.82 Å². The topological polar surface area (TPSA) is 36.7 Å². The Labute approximate surface area is 145 Å². The van der Waals surface area contributed by atoms with Crippen molar-refractivity contribution in [3.05, 3.63) is 74.8 Å². The van der Waals surface area contributed by atoms with Gasteiger partial charge in [-0.15, -0.1) is 11.3 Å². The monoisotopic (exact) mass is 384 g/mol. The standard InChI is InChI=1S/C18H10BrFN2S/c19-15-7-5-12(6-8-15)17-11-23-18(22-17)14(10-21)9-13-3-1-2-4-16(13)20/h1-9,11H/b14-9+. The molecule has 2 nitrogen and oxygen atoms in total. The van der Waals surface area contributed by atoms with Gasteiger partial charge >= 0.3 is 0 Å². The molecule has 0 spiro atoms. The first-order chi connectivity index (χ1) is 11.2. The lowest BCUT2D eigenvalue weighted by Gasteiger charge is -1.98. The molecule has 23 heavy (non-hydrogen) atoms. The zero-order chi connectivity index (χ0) is 16.2. The molecule has 0 saturated carbocycles. The summed E-state index contributed by atoms with van der Waals surface area (Å²) < 4.78 is 14.7. The van der Waals surface area contributed by atoms with Crippen molar-refractivity contribution in [2.75, 3.05) is 0 Å². The van der Waals surface area contributed by atoms with Crippen molar-refractivity contribution in [3.8, 4) is 17.3 Å². The molecule has 0 aliphatic carbocycles. The van der Waals surface area contributed by atoms with Gasteiger partial charge in [-0.2, -0.15) is 5.26 Å². The molecule has 112 valence electrons. The molecule has 1 aromatic heterocycles. The van der Waals surface area contributed by atoms with E-state index in [4.69, 9.17) is 0 Å². The van der Waals surface area contributed by atoms with Crippen molar-refractivity contribution < 1.29 is 4.39 Å². The van der Waals surface area contributed by atoms with Crippen molar-refractivity contribution in [1.82, 2.24) is 4.98 Å². The molecule has 0 unspecified atom stereocenters. The molecule has 3 rings (SSSR count). The van der Waals surface area contributed by atoms with Crippen LogP contribution in [0.4, 0.5) is 4.39 Å². The number of halogens is 2. The third-order valence-corrected chi connectivity index (χ3v) is 4.60. The van der Waals surface area contributed by atoms with Gasteiger partial charge in [0, 0.05) is 21.0 Å². The van der Waals surface area contributed by atoms with Crippen LogP contribution >= 0.6 is 27.3 Å². The highest BCUT2D eigenvalue weighted by atomic mass is 79.9. The average molecular weight is 385 g/mol. The summed E-state index contributed by atoms with van der Waals surface area (Å²) in [6, 6.07) is 16.2. The van der Waals surface area contributed by atoms with Gasteiger partial charge in [0.2, 0.25) is 0 Å². The number of allylic oxidation sites excluding steroid dienone is 1. The molecular formula is C18H10BrFN2S. The van der Waals surface area contributed by atoms with E-state index in [9.17, 15) is 9.65 Å². The second kappa shape index (κ2) is 6.86. The maximum Gasteiger partial charge on any atom is 0.134 e. The molecule has 0 amide bonds. The molecule has 0 aliphatic rings. The maximum absolute atomic E-state index is 13.7. The molecule has 0 bridgehead atoms. The first-order valence-electron chi connectivity index (χ1n) is 6.75. The highest BCUT2D eigenvalue weighted by Gasteiger charge is 2.10. The average Bonchev–Trinajstić information content (AvgIpc) is 3.04. The fraction of sp³-hybridized carbons (Fsp3) is 0. The lowest BCUT2D eigenvalue weighted by Crippen LogP contribution is -1.85. The van der Waals surface area contributed by atoms with Crippen molar-refractivity contribution >= 4 is 38.9 Å². The Hall–Kier alpha value is -2.29. The van der Waals surface area contributed by atoms with Gasteiger partial charge < -0.3 is 0 Å². The minimum absolute atomic E-state index is 0.350. The highest BCUT2D eigenvalue weighted by Crippen LogP contribution is 2.28. The van der Waals surface area contributed by atoms with Gasteiger partial charge in [0.25, 0.3) is 0 Å². The third kappa shape index (κ3) is 3.55. The quantitative estimate of drug-likeness (QED) is 0.536. The molecule has 0 radical (unpaired) electrons. The first-order valence-corrected chi connectivity index (χ1v) is 8.43. The minimum Gasteiger partial charge on any atom is -0.235 e. The normalized spacial score (nSPS) is 11.3. The Kier molecular flexibility index (Phi) is 4.65. The van der Waals surface area contributed by atoms with E-state index in [0.29, 0.717) is 16.1 Å². The fourth-order valence-electron chi connectivity index (χ4n) is 2.04. The molecule has 0 atom stereocenters. The zero-order valence-corrected chi connectivity index (χ0v) is 14.2. The second-order valence-corrected chi connectivity index (χ2v) is 6.51. The number of nitrogens with zero attached hydrogens (tertiary/aromatic N) is 2. The summed E-state index contributed by atoms with van der Waals surface area (Å²) in [6.07, 6.45) is 1.53. The van der Waals surface area contributed by atoms with Crippen molar-refractivity contribution in [2.24, 2.45) is 0 Å². The number of nitriles is 1. The smallest absolute Gasteiger partial charge is 0.134 e. The van der Waals surface area contributed by atoms with Crippen molar-refractivity contribution in [1.29, 1.82) is 5.26 Å². The summed E-state index contributed by atoms with van der Waals surface area (Å²) in [5.74, 6) is -0.357. The minimum atomic E-state index is -0.357. The molecule has 2 aromatic carbocycles. The van der Waals surface area contributed by atoms with Crippen LogP contribution in [-0.4, -0.2) is 4.98 Å². The summed E-state index contributed by atoms with van der Waals surface area (Å²) in [6.45, 7) is 0. The van der Waals surface area contributed by atoms with E-state index in [1.165, 1.54) is 23.5 Å². The Morgan fingerprint density at radius 2 is 1.91 bits per heavy atom. The second-order valence-electron chi connectivity index (χ2n) is 4.74. The molecular weight excluding hydrogens is 375 g/mol. The van der Waals surface area contributed by atoms with E-state index in [1.807, 2.05) is 29.6 Å². The molecule has 0 aliphatic heterocycles. The van der Waals surface area contributed by atoms with Gasteiger partial charge in [0.05, 0.1) is 11.3 Å². The Balaban J connectivity index is 1.96. The SMILES string of the molecule is N#C/C(=C\c1ccccc1F)c1nc(-c2ccc(Br)cc2)cs1. The number of benzene rings is 2. The summed E-state index contributed by atoms with van der Waals surface area (Å²) >= 11 is 4.77. The molecule has 0 fully saturated rings. The summed E-state index contributed by atoms with van der Waals surface area (Å²) in [4.78, 5) is 4.50. The van der Waals surface area contributed by atoms with E-state index in [0.717, 1.165) is 15.7 Å². The number of hydrogen-bond acceptors (Lipinski definition) is 3. The van der Waals surface area contributed by atoms with E-state index < -0.39 is 0 Å². The van der Waals surface area contributed by atoms with E-state index >= 15 is 0 Å². The molecule has 0 N–H and O–H groups in total. The van der Waals surface area contributed by atoms with Crippen LogP contribution in [0.2, 0.25) is 0 Å². The van der Waals surface area contributed by atoms with Crippen LogP contribution in [-0.2, 0) is 0 Å². The first kappa shape index (κ1) is 15.6. The number of aromatic nitrogens is 1. The Morgan fingerprint density at radius 3 is 2.61 bits per heavy atom. The van der Waals surface area contributed by atoms with Crippen LogP contribution < -0.4 is 0 Å². The summed E-state index contributed by atoms with van der Waals surface area (Å²) in [5.41, 5.74) is 2.50. The zero-order valence-electron chi connectivity index (χ0n) is 11.8. The Bertz CT molecular complexity index is 907. The van der Waals surface area contributed by atoms with Gasteiger partial charge in [-0.05, 0) is 24.3 Å². The summed E-state index contributed by atoms with van der Waals surface area (Å²) in [5, 5.41) is 11.8. The van der Waals surface area contributed by atoms with Crippen molar-refractivity contribution in [3.63, 3.8) is 0 Å². The van der Waals surface area contributed by atoms with Gasteiger partial charge in [0.15, 0.2) is 0 Å². The largest absolute Gasteiger partial charge is 0.235 e. The fourth-order valence-corrected chi connectivity index (χ4v) is 3.10.